The molecular formula is C13H26N2OS. The maximum Gasteiger partial charge on any atom is 0.237 e. The van der Waals surface area contributed by atoms with Gasteiger partial charge in [-0.15, -0.1) is 0 Å². The van der Waals surface area contributed by atoms with Crippen molar-refractivity contribution in [3.8, 4) is 0 Å². The molecule has 0 spiro atoms. The number of thioether (sulfide) groups is 1. The number of carbonyl (C=O) groups excluding carboxylic acids is 1. The van der Waals surface area contributed by atoms with Crippen LogP contribution in [0.25, 0.3) is 0 Å². The first-order valence-corrected chi connectivity index (χ1v) is 7.97. The highest BCUT2D eigenvalue weighted by Gasteiger charge is 2.36. The third-order valence-corrected chi connectivity index (χ3v) is 4.16. The van der Waals surface area contributed by atoms with Gasteiger partial charge in [0, 0.05) is 6.54 Å². The first-order chi connectivity index (χ1) is 8.08. The fourth-order valence-electron chi connectivity index (χ4n) is 2.34. The largest absolute Gasteiger partial charge is 0.355 e. The molecule has 1 aliphatic rings. The van der Waals surface area contributed by atoms with Crippen molar-refractivity contribution in [2.24, 2.45) is 5.41 Å². The molecule has 2 N–H and O–H groups in total. The molecule has 0 aromatic rings. The Morgan fingerprint density at radius 2 is 2.24 bits per heavy atom. The molecule has 0 aromatic carbocycles. The smallest absolute Gasteiger partial charge is 0.237 e. The second-order valence-corrected chi connectivity index (χ2v) is 6.46. The molecule has 0 aromatic heterocycles. The van der Waals surface area contributed by atoms with Crippen LogP contribution in [0.5, 0.6) is 0 Å². The molecule has 0 aliphatic carbocycles. The predicted molar refractivity (Wildman–Crippen MR) is 75.4 cm³/mol. The number of amides is 1. The quantitative estimate of drug-likeness (QED) is 0.716. The van der Waals surface area contributed by atoms with Gasteiger partial charge in [-0.25, -0.2) is 0 Å². The minimum absolute atomic E-state index is 0.0169. The normalized spacial score (nSPS) is 23.4. The van der Waals surface area contributed by atoms with Crippen LogP contribution in [0.3, 0.4) is 0 Å². The van der Waals surface area contributed by atoms with E-state index < -0.39 is 0 Å². The SMILES string of the molecule is CSCCCCNC(=O)C1NCCCC1(C)C. The minimum Gasteiger partial charge on any atom is -0.355 e. The van der Waals surface area contributed by atoms with Crippen molar-refractivity contribution in [2.45, 2.75) is 45.6 Å². The Morgan fingerprint density at radius 3 is 2.88 bits per heavy atom. The molecule has 1 unspecified atom stereocenters. The Labute approximate surface area is 109 Å². The average molecular weight is 258 g/mol. The van der Waals surface area contributed by atoms with Crippen molar-refractivity contribution in [3.05, 3.63) is 0 Å². The van der Waals surface area contributed by atoms with Crippen LogP contribution in [0.4, 0.5) is 0 Å². The highest BCUT2D eigenvalue weighted by molar-refractivity contribution is 7.98. The van der Waals surface area contributed by atoms with E-state index in [1.54, 1.807) is 0 Å². The number of carbonyl (C=O) groups is 1. The lowest BCUT2D eigenvalue weighted by Crippen LogP contribution is -2.55. The van der Waals surface area contributed by atoms with E-state index in [1.165, 1.54) is 18.6 Å². The second-order valence-electron chi connectivity index (χ2n) is 5.47. The monoisotopic (exact) mass is 258 g/mol. The lowest BCUT2D eigenvalue weighted by Gasteiger charge is -2.38. The molecule has 17 heavy (non-hydrogen) atoms. The van der Waals surface area contributed by atoms with Crippen LogP contribution in [0.2, 0.25) is 0 Å². The lowest BCUT2D eigenvalue weighted by atomic mass is 9.77. The standard InChI is InChI=1S/C13H26N2OS/c1-13(2)7-6-9-14-11(13)12(16)15-8-4-5-10-17-3/h11,14H,4-10H2,1-3H3,(H,15,16). The molecule has 1 rings (SSSR count). The van der Waals surface area contributed by atoms with Gasteiger partial charge < -0.3 is 10.6 Å². The first-order valence-electron chi connectivity index (χ1n) is 6.58. The van der Waals surface area contributed by atoms with Crippen molar-refractivity contribution in [2.75, 3.05) is 25.1 Å². The summed E-state index contributed by atoms with van der Waals surface area (Å²) in [5, 5.41) is 6.40. The zero-order chi connectivity index (χ0) is 12.7. The van der Waals surface area contributed by atoms with Gasteiger partial charge >= 0.3 is 0 Å². The van der Waals surface area contributed by atoms with Crippen molar-refractivity contribution in [3.63, 3.8) is 0 Å². The van der Waals surface area contributed by atoms with E-state index in [0.29, 0.717) is 0 Å². The second kappa shape index (κ2) is 7.27. The Morgan fingerprint density at radius 1 is 1.47 bits per heavy atom. The Kier molecular flexibility index (Phi) is 6.34. The summed E-state index contributed by atoms with van der Waals surface area (Å²) >= 11 is 1.86. The van der Waals surface area contributed by atoms with Crippen LogP contribution in [0, 0.1) is 5.41 Å². The zero-order valence-electron chi connectivity index (χ0n) is 11.3. The van der Waals surface area contributed by atoms with E-state index in [4.69, 9.17) is 0 Å². The van der Waals surface area contributed by atoms with E-state index in [1.807, 2.05) is 11.8 Å². The van der Waals surface area contributed by atoms with E-state index in [2.05, 4.69) is 30.7 Å². The average Bonchev–Trinajstić information content (AvgIpc) is 2.28. The molecule has 1 saturated heterocycles. The highest BCUT2D eigenvalue weighted by atomic mass is 32.2. The summed E-state index contributed by atoms with van der Waals surface area (Å²) < 4.78 is 0. The summed E-state index contributed by atoms with van der Waals surface area (Å²) in [6.07, 6.45) is 6.69. The minimum atomic E-state index is -0.0169. The van der Waals surface area contributed by atoms with Crippen molar-refractivity contribution in [1.82, 2.24) is 10.6 Å². The molecular weight excluding hydrogens is 232 g/mol. The molecule has 0 saturated carbocycles. The number of rotatable bonds is 6. The third kappa shape index (κ3) is 4.88. The maximum absolute atomic E-state index is 12.1. The summed E-state index contributed by atoms with van der Waals surface area (Å²) in [6.45, 7) is 6.13. The molecule has 3 nitrogen and oxygen atoms in total. The van der Waals surface area contributed by atoms with Gasteiger partial charge in [-0.2, -0.15) is 11.8 Å². The summed E-state index contributed by atoms with van der Waals surface area (Å²) in [6, 6.07) is -0.0169. The molecule has 4 heteroatoms. The van der Waals surface area contributed by atoms with Crippen LogP contribution in [0.15, 0.2) is 0 Å². The van der Waals surface area contributed by atoms with E-state index >= 15 is 0 Å². The van der Waals surface area contributed by atoms with Gasteiger partial charge in [-0.3, -0.25) is 4.79 Å². The van der Waals surface area contributed by atoms with Crippen LogP contribution in [0.1, 0.15) is 39.5 Å². The number of nitrogens with one attached hydrogen (secondary N) is 2. The van der Waals surface area contributed by atoms with E-state index in [0.717, 1.165) is 25.9 Å². The summed E-state index contributed by atoms with van der Waals surface area (Å²) in [5.41, 5.74) is 0.0849. The zero-order valence-corrected chi connectivity index (χ0v) is 12.2. The van der Waals surface area contributed by atoms with Gasteiger partial charge in [0.1, 0.15) is 0 Å². The third-order valence-electron chi connectivity index (χ3n) is 3.46. The van der Waals surface area contributed by atoms with Gasteiger partial charge in [0.25, 0.3) is 0 Å². The van der Waals surface area contributed by atoms with Gasteiger partial charge in [0.2, 0.25) is 5.91 Å². The van der Waals surface area contributed by atoms with Crippen molar-refractivity contribution >= 4 is 17.7 Å². The molecule has 1 amide bonds. The molecule has 0 radical (unpaired) electrons. The fourth-order valence-corrected chi connectivity index (χ4v) is 2.84. The topological polar surface area (TPSA) is 41.1 Å². The maximum atomic E-state index is 12.1. The molecule has 1 aliphatic heterocycles. The summed E-state index contributed by atoms with van der Waals surface area (Å²) in [4.78, 5) is 12.1. The summed E-state index contributed by atoms with van der Waals surface area (Å²) in [7, 11) is 0. The van der Waals surface area contributed by atoms with Gasteiger partial charge in [-0.05, 0) is 49.7 Å². The Hall–Kier alpha value is -0.220. The summed E-state index contributed by atoms with van der Waals surface area (Å²) in [5.74, 6) is 1.36. The Balaban J connectivity index is 2.26. The number of piperidine rings is 1. The molecule has 100 valence electrons. The van der Waals surface area contributed by atoms with Crippen LogP contribution < -0.4 is 10.6 Å². The van der Waals surface area contributed by atoms with Gasteiger partial charge in [-0.1, -0.05) is 13.8 Å². The van der Waals surface area contributed by atoms with Gasteiger partial charge in [0.15, 0.2) is 0 Å². The predicted octanol–water partition coefficient (Wildman–Crippen LogP) is 2.02. The highest BCUT2D eigenvalue weighted by Crippen LogP contribution is 2.29. The van der Waals surface area contributed by atoms with Crippen LogP contribution in [-0.2, 0) is 4.79 Å². The number of hydrogen-bond acceptors (Lipinski definition) is 3. The van der Waals surface area contributed by atoms with E-state index in [-0.39, 0.29) is 17.4 Å². The lowest BCUT2D eigenvalue weighted by molar-refractivity contribution is -0.126. The molecule has 0 bridgehead atoms. The van der Waals surface area contributed by atoms with Crippen LogP contribution in [-0.4, -0.2) is 37.0 Å². The Bertz CT molecular complexity index is 244. The van der Waals surface area contributed by atoms with Gasteiger partial charge in [0.05, 0.1) is 6.04 Å². The van der Waals surface area contributed by atoms with Crippen LogP contribution >= 0.6 is 11.8 Å². The number of hydrogen-bond donors (Lipinski definition) is 2. The van der Waals surface area contributed by atoms with E-state index in [9.17, 15) is 4.79 Å². The van der Waals surface area contributed by atoms with Crippen molar-refractivity contribution < 1.29 is 4.79 Å². The molecule has 1 atom stereocenters. The van der Waals surface area contributed by atoms with Crippen molar-refractivity contribution in [1.29, 1.82) is 0 Å². The molecule has 1 heterocycles. The molecule has 1 fully saturated rings. The number of unbranched alkanes of at least 4 members (excludes halogenated alkanes) is 1. The fraction of sp³-hybridized carbons (Fsp3) is 0.923. The first kappa shape index (κ1) is 14.8.